The Bertz CT molecular complexity index is 788. The van der Waals surface area contributed by atoms with Gasteiger partial charge in [0, 0.05) is 18.2 Å². The van der Waals surface area contributed by atoms with E-state index in [2.05, 4.69) is 10.6 Å². The lowest BCUT2D eigenvalue weighted by Crippen LogP contribution is -2.46. The summed E-state index contributed by atoms with van der Waals surface area (Å²) >= 11 is 0. The molecule has 0 spiro atoms. The number of methoxy groups -OCH3 is 1. The van der Waals surface area contributed by atoms with Gasteiger partial charge in [-0.3, -0.25) is 9.59 Å². The highest BCUT2D eigenvalue weighted by Gasteiger charge is 2.38. The van der Waals surface area contributed by atoms with Gasteiger partial charge in [-0.05, 0) is 42.7 Å². The summed E-state index contributed by atoms with van der Waals surface area (Å²) in [6, 6.07) is 15.1. The van der Waals surface area contributed by atoms with Gasteiger partial charge in [-0.25, -0.2) is 0 Å². The summed E-state index contributed by atoms with van der Waals surface area (Å²) in [6.07, 6.45) is 0.713. The summed E-state index contributed by atoms with van der Waals surface area (Å²) in [7, 11) is 1.61. The van der Waals surface area contributed by atoms with Gasteiger partial charge >= 0.3 is 0 Å². The number of carbonyl (C=O) groups is 2. The molecule has 1 aliphatic rings. The SMILES string of the molecule is COc1cccc(C2CCNC(=O)C2C(=O)Nc2ccccc2C)c1. The molecule has 2 N–H and O–H groups in total. The van der Waals surface area contributed by atoms with Gasteiger partial charge in [0.05, 0.1) is 7.11 Å². The van der Waals surface area contributed by atoms with Crippen molar-refractivity contribution in [1.29, 1.82) is 0 Å². The molecule has 1 aliphatic heterocycles. The standard InChI is InChI=1S/C20H22N2O3/c1-13-6-3-4-9-17(13)22-20(24)18-16(10-11-21-19(18)23)14-7-5-8-15(12-14)25-2/h3-9,12,16,18H,10-11H2,1-2H3,(H,21,23)(H,22,24). The van der Waals surface area contributed by atoms with Crippen molar-refractivity contribution in [3.8, 4) is 5.75 Å². The second-order valence-electron chi connectivity index (χ2n) is 6.24. The number of hydrogen-bond donors (Lipinski definition) is 2. The van der Waals surface area contributed by atoms with Crippen LogP contribution in [0.5, 0.6) is 5.75 Å². The molecule has 0 aromatic heterocycles. The molecular formula is C20H22N2O3. The van der Waals surface area contributed by atoms with Gasteiger partial charge in [0.1, 0.15) is 11.7 Å². The summed E-state index contributed by atoms with van der Waals surface area (Å²) in [4.78, 5) is 25.3. The predicted molar refractivity (Wildman–Crippen MR) is 96.7 cm³/mol. The van der Waals surface area contributed by atoms with Crippen molar-refractivity contribution in [2.75, 3.05) is 19.0 Å². The Labute approximate surface area is 147 Å². The lowest BCUT2D eigenvalue weighted by Gasteiger charge is -2.30. The highest BCUT2D eigenvalue weighted by molar-refractivity contribution is 6.07. The maximum Gasteiger partial charge on any atom is 0.237 e. The maximum atomic E-state index is 12.9. The number of piperidine rings is 1. The highest BCUT2D eigenvalue weighted by atomic mass is 16.5. The van der Waals surface area contributed by atoms with E-state index < -0.39 is 5.92 Å². The molecule has 0 bridgehead atoms. The van der Waals surface area contributed by atoms with Crippen LogP contribution < -0.4 is 15.4 Å². The Morgan fingerprint density at radius 1 is 1.20 bits per heavy atom. The zero-order chi connectivity index (χ0) is 17.8. The van der Waals surface area contributed by atoms with E-state index in [1.807, 2.05) is 55.5 Å². The number of ether oxygens (including phenoxy) is 1. The van der Waals surface area contributed by atoms with Crippen LogP contribution in [0.25, 0.3) is 0 Å². The number of para-hydroxylation sites is 1. The van der Waals surface area contributed by atoms with Gasteiger partial charge in [-0.1, -0.05) is 30.3 Å². The summed E-state index contributed by atoms with van der Waals surface area (Å²) in [5, 5.41) is 5.72. The normalized spacial score (nSPS) is 19.8. The third-order valence-electron chi connectivity index (χ3n) is 4.65. The van der Waals surface area contributed by atoms with Crippen LogP contribution in [0, 0.1) is 12.8 Å². The van der Waals surface area contributed by atoms with Gasteiger partial charge in [-0.15, -0.1) is 0 Å². The van der Waals surface area contributed by atoms with Gasteiger partial charge in [0.15, 0.2) is 0 Å². The van der Waals surface area contributed by atoms with E-state index in [-0.39, 0.29) is 17.7 Å². The number of amides is 2. The molecule has 3 rings (SSSR count). The number of benzene rings is 2. The van der Waals surface area contributed by atoms with E-state index in [0.29, 0.717) is 13.0 Å². The molecule has 2 aromatic carbocycles. The largest absolute Gasteiger partial charge is 0.497 e. The van der Waals surface area contributed by atoms with E-state index in [9.17, 15) is 9.59 Å². The zero-order valence-electron chi connectivity index (χ0n) is 14.4. The molecule has 2 amide bonds. The fourth-order valence-corrected chi connectivity index (χ4v) is 3.27. The Morgan fingerprint density at radius 3 is 2.76 bits per heavy atom. The average molecular weight is 338 g/mol. The summed E-state index contributed by atoms with van der Waals surface area (Å²) in [5.41, 5.74) is 2.64. The van der Waals surface area contributed by atoms with Crippen LogP contribution in [-0.4, -0.2) is 25.5 Å². The maximum absolute atomic E-state index is 12.9. The van der Waals surface area contributed by atoms with Crippen molar-refractivity contribution in [2.45, 2.75) is 19.3 Å². The fourth-order valence-electron chi connectivity index (χ4n) is 3.27. The predicted octanol–water partition coefficient (Wildman–Crippen LogP) is 2.86. The smallest absolute Gasteiger partial charge is 0.237 e. The summed E-state index contributed by atoms with van der Waals surface area (Å²) in [6.45, 7) is 2.49. The van der Waals surface area contributed by atoms with Crippen molar-refractivity contribution in [3.63, 3.8) is 0 Å². The molecule has 1 heterocycles. The minimum absolute atomic E-state index is 0.173. The Kier molecular flexibility index (Phi) is 5.03. The number of carbonyl (C=O) groups excluding carboxylic acids is 2. The third kappa shape index (κ3) is 3.65. The lowest BCUT2D eigenvalue weighted by atomic mass is 9.80. The molecule has 25 heavy (non-hydrogen) atoms. The molecule has 5 nitrogen and oxygen atoms in total. The molecule has 0 radical (unpaired) electrons. The molecule has 130 valence electrons. The van der Waals surface area contributed by atoms with E-state index in [0.717, 1.165) is 22.6 Å². The second-order valence-corrected chi connectivity index (χ2v) is 6.24. The fraction of sp³-hybridized carbons (Fsp3) is 0.300. The quantitative estimate of drug-likeness (QED) is 0.843. The number of rotatable bonds is 4. The van der Waals surface area contributed by atoms with Crippen LogP contribution >= 0.6 is 0 Å². The van der Waals surface area contributed by atoms with Crippen LogP contribution in [0.2, 0.25) is 0 Å². The van der Waals surface area contributed by atoms with Gasteiger partial charge in [-0.2, -0.15) is 0 Å². The Hall–Kier alpha value is -2.82. The van der Waals surface area contributed by atoms with Crippen molar-refractivity contribution in [2.24, 2.45) is 5.92 Å². The van der Waals surface area contributed by atoms with Crippen LogP contribution in [0.4, 0.5) is 5.69 Å². The molecule has 5 heteroatoms. The molecule has 2 unspecified atom stereocenters. The number of nitrogens with one attached hydrogen (secondary N) is 2. The first-order valence-electron chi connectivity index (χ1n) is 8.38. The first-order chi connectivity index (χ1) is 12.1. The van der Waals surface area contributed by atoms with Crippen molar-refractivity contribution < 1.29 is 14.3 Å². The third-order valence-corrected chi connectivity index (χ3v) is 4.65. The molecule has 0 saturated carbocycles. The second kappa shape index (κ2) is 7.38. The lowest BCUT2D eigenvalue weighted by molar-refractivity contribution is -0.135. The average Bonchev–Trinajstić information content (AvgIpc) is 2.63. The topological polar surface area (TPSA) is 67.4 Å². The van der Waals surface area contributed by atoms with Crippen LogP contribution in [0.3, 0.4) is 0 Å². The van der Waals surface area contributed by atoms with E-state index in [4.69, 9.17) is 4.74 Å². The molecule has 0 aliphatic carbocycles. The Balaban J connectivity index is 1.88. The molecule has 1 fully saturated rings. The van der Waals surface area contributed by atoms with Crippen molar-refractivity contribution in [1.82, 2.24) is 5.32 Å². The van der Waals surface area contributed by atoms with Crippen LogP contribution in [0.15, 0.2) is 48.5 Å². The van der Waals surface area contributed by atoms with Gasteiger partial charge < -0.3 is 15.4 Å². The Morgan fingerprint density at radius 2 is 2.00 bits per heavy atom. The minimum Gasteiger partial charge on any atom is -0.497 e. The molecule has 2 atom stereocenters. The number of anilines is 1. The molecule has 1 saturated heterocycles. The molecular weight excluding hydrogens is 316 g/mol. The minimum atomic E-state index is -0.763. The van der Waals surface area contributed by atoms with Crippen LogP contribution in [0.1, 0.15) is 23.5 Å². The van der Waals surface area contributed by atoms with E-state index >= 15 is 0 Å². The van der Waals surface area contributed by atoms with E-state index in [1.165, 1.54) is 0 Å². The summed E-state index contributed by atoms with van der Waals surface area (Å²) in [5.74, 6) is -0.723. The monoisotopic (exact) mass is 338 g/mol. The molecule has 2 aromatic rings. The van der Waals surface area contributed by atoms with Gasteiger partial charge in [0.25, 0.3) is 0 Å². The highest BCUT2D eigenvalue weighted by Crippen LogP contribution is 2.33. The first kappa shape index (κ1) is 17.0. The first-order valence-corrected chi connectivity index (χ1v) is 8.38. The number of aryl methyl sites for hydroxylation is 1. The van der Waals surface area contributed by atoms with Crippen molar-refractivity contribution >= 4 is 17.5 Å². The van der Waals surface area contributed by atoms with Crippen molar-refractivity contribution in [3.05, 3.63) is 59.7 Å². The van der Waals surface area contributed by atoms with E-state index in [1.54, 1.807) is 7.11 Å². The number of hydrogen-bond acceptors (Lipinski definition) is 3. The zero-order valence-corrected chi connectivity index (χ0v) is 14.4. The van der Waals surface area contributed by atoms with Gasteiger partial charge in [0.2, 0.25) is 11.8 Å². The summed E-state index contributed by atoms with van der Waals surface area (Å²) < 4.78 is 5.28. The van der Waals surface area contributed by atoms with Crippen LogP contribution in [-0.2, 0) is 9.59 Å².